The molecule has 0 N–H and O–H groups in total. The number of nitrogens with zero attached hydrogens (tertiary/aromatic N) is 3. The molecule has 1 aliphatic heterocycles. The lowest BCUT2D eigenvalue weighted by Crippen LogP contribution is -2.48. The van der Waals surface area contributed by atoms with Gasteiger partial charge in [0.2, 0.25) is 0 Å². The van der Waals surface area contributed by atoms with E-state index in [1.54, 1.807) is 23.5 Å². The molecular weight excluding hydrogens is 409 g/mol. The molecule has 1 saturated heterocycles. The lowest BCUT2D eigenvalue weighted by atomic mass is 9.86. The molecule has 4 nitrogen and oxygen atoms in total. The van der Waals surface area contributed by atoms with Gasteiger partial charge in [-0.1, -0.05) is 32.9 Å². The molecule has 0 bridgehead atoms. The third-order valence-electron chi connectivity index (χ3n) is 5.71. The van der Waals surface area contributed by atoms with Crippen LogP contribution < -0.4 is 0 Å². The van der Waals surface area contributed by atoms with Crippen molar-refractivity contribution in [2.24, 2.45) is 0 Å². The Balaban J connectivity index is 1.32. The van der Waals surface area contributed by atoms with Crippen LogP contribution in [0.15, 0.2) is 53.9 Å². The molecule has 1 fully saturated rings. The Morgan fingerprint density at radius 3 is 2.26 bits per heavy atom. The highest BCUT2D eigenvalue weighted by Crippen LogP contribution is 2.24. The van der Waals surface area contributed by atoms with Crippen LogP contribution in [0.25, 0.3) is 11.3 Å². The molecule has 4 rings (SSSR count). The Morgan fingerprint density at radius 2 is 1.65 bits per heavy atom. The fraction of sp³-hybridized carbons (Fsp3) is 0.360. The molecule has 0 saturated carbocycles. The van der Waals surface area contributed by atoms with Crippen molar-refractivity contribution in [3.63, 3.8) is 0 Å². The van der Waals surface area contributed by atoms with E-state index < -0.39 is 0 Å². The van der Waals surface area contributed by atoms with Crippen molar-refractivity contribution in [1.29, 1.82) is 0 Å². The number of aromatic nitrogens is 1. The standard InChI is InChI=1S/C25H28FN3OS/c1-25(2,3)20-8-4-19(5-9-20)24(30)29-14-12-28(13-15-29)16-23-27-22(17-31-23)18-6-10-21(26)11-7-18/h4-11,17H,12-16H2,1-3H3. The molecule has 2 heterocycles. The Bertz CT molecular complexity index is 1030. The van der Waals surface area contributed by atoms with E-state index >= 15 is 0 Å². The summed E-state index contributed by atoms with van der Waals surface area (Å²) < 4.78 is 13.1. The summed E-state index contributed by atoms with van der Waals surface area (Å²) in [5.41, 5.74) is 3.88. The summed E-state index contributed by atoms with van der Waals surface area (Å²) in [5.74, 6) is -0.135. The second-order valence-corrected chi connectivity index (χ2v) is 9.97. The number of carbonyl (C=O) groups is 1. The van der Waals surface area contributed by atoms with Gasteiger partial charge in [0.25, 0.3) is 5.91 Å². The molecule has 3 aromatic rings. The molecule has 0 unspecified atom stereocenters. The van der Waals surface area contributed by atoms with Crippen molar-refractivity contribution in [2.45, 2.75) is 32.7 Å². The molecule has 0 atom stereocenters. The first-order chi connectivity index (χ1) is 14.8. The predicted molar refractivity (Wildman–Crippen MR) is 124 cm³/mol. The Morgan fingerprint density at radius 1 is 1.00 bits per heavy atom. The largest absolute Gasteiger partial charge is 0.336 e. The average Bonchev–Trinajstić information content (AvgIpc) is 3.22. The number of thiazole rings is 1. The zero-order chi connectivity index (χ0) is 22.0. The summed E-state index contributed by atoms with van der Waals surface area (Å²) in [6, 6.07) is 14.4. The van der Waals surface area contributed by atoms with Gasteiger partial charge < -0.3 is 4.90 Å². The normalized spacial score (nSPS) is 15.3. The van der Waals surface area contributed by atoms with Crippen molar-refractivity contribution in [1.82, 2.24) is 14.8 Å². The Kier molecular flexibility index (Phi) is 6.21. The highest BCUT2D eigenvalue weighted by atomic mass is 32.1. The molecule has 0 aliphatic carbocycles. The number of rotatable bonds is 4. The number of hydrogen-bond donors (Lipinski definition) is 0. The van der Waals surface area contributed by atoms with Gasteiger partial charge in [-0.25, -0.2) is 9.37 Å². The lowest BCUT2D eigenvalue weighted by Gasteiger charge is -2.34. The van der Waals surface area contributed by atoms with Crippen LogP contribution in [0.1, 0.15) is 41.7 Å². The fourth-order valence-corrected chi connectivity index (χ4v) is 4.58. The maximum Gasteiger partial charge on any atom is 0.253 e. The lowest BCUT2D eigenvalue weighted by molar-refractivity contribution is 0.0628. The van der Waals surface area contributed by atoms with Crippen LogP contribution in [-0.4, -0.2) is 46.9 Å². The molecule has 1 amide bonds. The van der Waals surface area contributed by atoms with Crippen LogP contribution in [0.3, 0.4) is 0 Å². The van der Waals surface area contributed by atoms with E-state index in [0.717, 1.165) is 54.6 Å². The number of carbonyl (C=O) groups excluding carboxylic acids is 1. The second-order valence-electron chi connectivity index (χ2n) is 9.03. The quantitative estimate of drug-likeness (QED) is 0.563. The van der Waals surface area contributed by atoms with Gasteiger partial charge in [0.1, 0.15) is 10.8 Å². The number of amides is 1. The zero-order valence-corrected chi connectivity index (χ0v) is 19.1. The summed E-state index contributed by atoms with van der Waals surface area (Å²) >= 11 is 1.62. The third-order valence-corrected chi connectivity index (χ3v) is 6.54. The maximum atomic E-state index is 13.1. The van der Waals surface area contributed by atoms with E-state index in [2.05, 4.69) is 37.8 Å². The van der Waals surface area contributed by atoms with Crippen molar-refractivity contribution in [2.75, 3.05) is 26.2 Å². The number of benzene rings is 2. The minimum absolute atomic E-state index is 0.0829. The van der Waals surface area contributed by atoms with E-state index in [0.29, 0.717) is 0 Å². The topological polar surface area (TPSA) is 36.4 Å². The van der Waals surface area contributed by atoms with E-state index in [1.165, 1.54) is 17.7 Å². The van der Waals surface area contributed by atoms with Gasteiger partial charge in [0.05, 0.1) is 12.2 Å². The van der Waals surface area contributed by atoms with Crippen LogP contribution in [0.2, 0.25) is 0 Å². The first-order valence-electron chi connectivity index (χ1n) is 10.6. The molecule has 2 aromatic carbocycles. The van der Waals surface area contributed by atoms with Gasteiger partial charge in [-0.3, -0.25) is 9.69 Å². The first kappa shape index (κ1) is 21.7. The van der Waals surface area contributed by atoms with Crippen molar-refractivity contribution < 1.29 is 9.18 Å². The van der Waals surface area contributed by atoms with Crippen LogP contribution in [0.4, 0.5) is 4.39 Å². The molecule has 0 spiro atoms. The van der Waals surface area contributed by atoms with Crippen LogP contribution >= 0.6 is 11.3 Å². The van der Waals surface area contributed by atoms with Crippen LogP contribution in [0, 0.1) is 5.82 Å². The number of hydrogen-bond acceptors (Lipinski definition) is 4. The number of halogens is 1. The van der Waals surface area contributed by atoms with E-state index in [9.17, 15) is 9.18 Å². The van der Waals surface area contributed by atoms with Gasteiger partial charge in [-0.05, 0) is 47.4 Å². The van der Waals surface area contributed by atoms with E-state index in [4.69, 9.17) is 4.98 Å². The first-order valence-corrected chi connectivity index (χ1v) is 11.5. The van der Waals surface area contributed by atoms with Gasteiger partial charge in [-0.15, -0.1) is 11.3 Å². The highest BCUT2D eigenvalue weighted by Gasteiger charge is 2.23. The van der Waals surface area contributed by atoms with E-state index in [1.807, 2.05) is 22.4 Å². The van der Waals surface area contributed by atoms with Crippen LogP contribution in [-0.2, 0) is 12.0 Å². The van der Waals surface area contributed by atoms with Gasteiger partial charge in [0, 0.05) is 42.7 Å². The summed E-state index contributed by atoms with van der Waals surface area (Å²) in [6.45, 7) is 10.4. The van der Waals surface area contributed by atoms with Gasteiger partial charge >= 0.3 is 0 Å². The SMILES string of the molecule is CC(C)(C)c1ccc(C(=O)N2CCN(Cc3nc(-c4ccc(F)cc4)cs3)CC2)cc1. The third kappa shape index (κ3) is 5.20. The Hall–Kier alpha value is -2.57. The average molecular weight is 438 g/mol. The predicted octanol–water partition coefficient (Wildman–Crippen LogP) is 5.20. The second kappa shape index (κ2) is 8.89. The molecule has 31 heavy (non-hydrogen) atoms. The highest BCUT2D eigenvalue weighted by molar-refractivity contribution is 7.09. The smallest absolute Gasteiger partial charge is 0.253 e. The molecule has 162 valence electrons. The van der Waals surface area contributed by atoms with Crippen molar-refractivity contribution in [3.8, 4) is 11.3 Å². The Labute approximate surface area is 187 Å². The summed E-state index contributed by atoms with van der Waals surface area (Å²) in [5, 5.41) is 3.06. The van der Waals surface area contributed by atoms with Crippen molar-refractivity contribution >= 4 is 17.2 Å². The summed E-state index contributed by atoms with van der Waals surface area (Å²) in [7, 11) is 0. The van der Waals surface area contributed by atoms with Gasteiger partial charge in [-0.2, -0.15) is 0 Å². The van der Waals surface area contributed by atoms with Crippen LogP contribution in [0.5, 0.6) is 0 Å². The summed E-state index contributed by atoms with van der Waals surface area (Å²) in [6.07, 6.45) is 0. The molecule has 1 aromatic heterocycles. The van der Waals surface area contributed by atoms with Crippen molar-refractivity contribution in [3.05, 3.63) is 75.9 Å². The zero-order valence-electron chi connectivity index (χ0n) is 18.3. The molecular formula is C25H28FN3OS. The van der Waals surface area contributed by atoms with Gasteiger partial charge in [0.15, 0.2) is 0 Å². The molecule has 6 heteroatoms. The van der Waals surface area contributed by atoms with E-state index in [-0.39, 0.29) is 17.1 Å². The molecule has 1 aliphatic rings. The fourth-order valence-electron chi connectivity index (χ4n) is 3.73. The maximum absolute atomic E-state index is 13.1. The molecule has 0 radical (unpaired) electrons. The summed E-state index contributed by atoms with van der Waals surface area (Å²) in [4.78, 5) is 21.9. The number of piperazine rings is 1. The monoisotopic (exact) mass is 437 g/mol. The minimum Gasteiger partial charge on any atom is -0.336 e. The minimum atomic E-state index is -0.239.